The summed E-state index contributed by atoms with van der Waals surface area (Å²) in [5.41, 5.74) is 1.95. The van der Waals surface area contributed by atoms with Crippen molar-refractivity contribution in [2.24, 2.45) is 0 Å². The summed E-state index contributed by atoms with van der Waals surface area (Å²) in [5, 5.41) is 0. The van der Waals surface area contributed by atoms with E-state index in [1.807, 2.05) is 35.2 Å². The van der Waals surface area contributed by atoms with Gasteiger partial charge in [-0.2, -0.15) is 0 Å². The minimum atomic E-state index is -0.304. The van der Waals surface area contributed by atoms with Crippen LogP contribution in [0.1, 0.15) is 24.0 Å². The molecular formula is C23H27BrN2O3. The predicted octanol–water partition coefficient (Wildman–Crippen LogP) is 3.84. The maximum atomic E-state index is 13.3. The van der Waals surface area contributed by atoms with E-state index in [0.717, 1.165) is 72.7 Å². The lowest BCUT2D eigenvalue weighted by Crippen LogP contribution is -2.51. The molecule has 2 fully saturated rings. The number of piperazine rings is 1. The first kappa shape index (κ1) is 20.2. The SMILES string of the molecule is COc1ccc(OC)c(CN2CCN(C(=O)C3(c4cccc(Br)c4)CC3)CC2)c1. The second-order valence-corrected chi connectivity index (χ2v) is 8.75. The molecule has 0 atom stereocenters. The van der Waals surface area contributed by atoms with Gasteiger partial charge >= 0.3 is 0 Å². The summed E-state index contributed by atoms with van der Waals surface area (Å²) in [7, 11) is 3.37. The van der Waals surface area contributed by atoms with Gasteiger partial charge in [0.1, 0.15) is 11.5 Å². The molecule has 0 unspecified atom stereocenters. The number of nitrogens with zero attached hydrogens (tertiary/aromatic N) is 2. The van der Waals surface area contributed by atoms with E-state index in [1.165, 1.54) is 0 Å². The zero-order valence-electron chi connectivity index (χ0n) is 17.0. The highest BCUT2D eigenvalue weighted by Crippen LogP contribution is 2.50. The molecule has 1 heterocycles. The Morgan fingerprint density at radius 1 is 1.03 bits per heavy atom. The van der Waals surface area contributed by atoms with Gasteiger partial charge in [0, 0.05) is 42.8 Å². The molecule has 1 aliphatic heterocycles. The minimum absolute atomic E-state index is 0.286. The van der Waals surface area contributed by atoms with Gasteiger partial charge in [-0.05, 0) is 48.7 Å². The summed E-state index contributed by atoms with van der Waals surface area (Å²) in [6.45, 7) is 4.04. The highest BCUT2D eigenvalue weighted by molar-refractivity contribution is 9.10. The van der Waals surface area contributed by atoms with Crippen LogP contribution >= 0.6 is 15.9 Å². The lowest BCUT2D eigenvalue weighted by molar-refractivity contribution is -0.135. The van der Waals surface area contributed by atoms with E-state index in [1.54, 1.807) is 14.2 Å². The quantitative estimate of drug-likeness (QED) is 0.659. The van der Waals surface area contributed by atoms with E-state index in [4.69, 9.17) is 9.47 Å². The van der Waals surface area contributed by atoms with Crippen LogP contribution in [-0.4, -0.2) is 56.1 Å². The number of amides is 1. The van der Waals surface area contributed by atoms with Gasteiger partial charge in [-0.15, -0.1) is 0 Å². The molecule has 2 aliphatic rings. The molecule has 5 nitrogen and oxygen atoms in total. The van der Waals surface area contributed by atoms with Crippen molar-refractivity contribution in [3.05, 3.63) is 58.1 Å². The van der Waals surface area contributed by atoms with Gasteiger partial charge in [0.15, 0.2) is 0 Å². The Morgan fingerprint density at radius 2 is 1.79 bits per heavy atom. The largest absolute Gasteiger partial charge is 0.497 e. The molecule has 2 aromatic carbocycles. The number of hydrogen-bond donors (Lipinski definition) is 0. The van der Waals surface area contributed by atoms with E-state index < -0.39 is 0 Å². The maximum absolute atomic E-state index is 13.3. The molecule has 154 valence electrons. The van der Waals surface area contributed by atoms with Crippen LogP contribution in [0.5, 0.6) is 11.5 Å². The summed E-state index contributed by atoms with van der Waals surface area (Å²) >= 11 is 3.54. The molecule has 2 aromatic rings. The summed E-state index contributed by atoms with van der Waals surface area (Å²) in [4.78, 5) is 17.7. The zero-order chi connectivity index (χ0) is 20.4. The predicted molar refractivity (Wildman–Crippen MR) is 116 cm³/mol. The smallest absolute Gasteiger partial charge is 0.233 e. The normalized spacial score (nSPS) is 18.4. The van der Waals surface area contributed by atoms with Gasteiger partial charge in [0.2, 0.25) is 5.91 Å². The molecule has 1 saturated heterocycles. The highest BCUT2D eigenvalue weighted by Gasteiger charge is 2.53. The van der Waals surface area contributed by atoms with Crippen LogP contribution in [-0.2, 0) is 16.8 Å². The van der Waals surface area contributed by atoms with Crippen LogP contribution in [0.25, 0.3) is 0 Å². The first-order valence-electron chi connectivity index (χ1n) is 10.0. The van der Waals surface area contributed by atoms with Gasteiger partial charge in [-0.3, -0.25) is 9.69 Å². The summed E-state index contributed by atoms with van der Waals surface area (Å²) in [6.07, 6.45) is 1.90. The number of carbonyl (C=O) groups is 1. The molecule has 0 radical (unpaired) electrons. The molecule has 0 aromatic heterocycles. The van der Waals surface area contributed by atoms with Crippen molar-refractivity contribution in [1.82, 2.24) is 9.80 Å². The van der Waals surface area contributed by atoms with E-state index in [2.05, 4.69) is 33.0 Å². The number of benzene rings is 2. The van der Waals surface area contributed by atoms with Crippen molar-refractivity contribution in [1.29, 1.82) is 0 Å². The summed E-state index contributed by atoms with van der Waals surface area (Å²) < 4.78 is 11.9. The molecule has 0 bridgehead atoms. The highest BCUT2D eigenvalue weighted by atomic mass is 79.9. The molecule has 4 rings (SSSR count). The average molecular weight is 459 g/mol. The van der Waals surface area contributed by atoms with E-state index >= 15 is 0 Å². The first-order chi connectivity index (χ1) is 14.1. The second-order valence-electron chi connectivity index (χ2n) is 7.84. The van der Waals surface area contributed by atoms with Gasteiger partial charge in [0.05, 0.1) is 19.6 Å². The topological polar surface area (TPSA) is 42.0 Å². The third kappa shape index (κ3) is 4.14. The Morgan fingerprint density at radius 3 is 2.41 bits per heavy atom. The summed E-state index contributed by atoms with van der Waals surface area (Å²) in [5.74, 6) is 1.99. The molecule has 6 heteroatoms. The summed E-state index contributed by atoms with van der Waals surface area (Å²) in [6, 6.07) is 14.1. The molecule has 0 N–H and O–H groups in total. The fourth-order valence-electron chi connectivity index (χ4n) is 4.20. The maximum Gasteiger partial charge on any atom is 0.233 e. The Kier molecular flexibility index (Phi) is 5.83. The molecule has 1 saturated carbocycles. The Balaban J connectivity index is 1.39. The van der Waals surface area contributed by atoms with Gasteiger partial charge in [-0.25, -0.2) is 0 Å². The van der Waals surface area contributed by atoms with Crippen LogP contribution in [0.2, 0.25) is 0 Å². The first-order valence-corrected chi connectivity index (χ1v) is 10.8. The number of hydrogen-bond acceptors (Lipinski definition) is 4. The van der Waals surface area contributed by atoms with Gasteiger partial charge in [0.25, 0.3) is 0 Å². The monoisotopic (exact) mass is 458 g/mol. The lowest BCUT2D eigenvalue weighted by atomic mass is 9.94. The zero-order valence-corrected chi connectivity index (χ0v) is 18.6. The van der Waals surface area contributed by atoms with Gasteiger partial charge < -0.3 is 14.4 Å². The van der Waals surface area contributed by atoms with Crippen molar-refractivity contribution in [3.63, 3.8) is 0 Å². The van der Waals surface area contributed by atoms with Crippen molar-refractivity contribution in [2.45, 2.75) is 24.8 Å². The van der Waals surface area contributed by atoms with Crippen LogP contribution in [0.3, 0.4) is 0 Å². The fraction of sp³-hybridized carbons (Fsp3) is 0.435. The Hall–Kier alpha value is -2.05. The molecule has 1 aliphatic carbocycles. The average Bonchev–Trinajstić information content (AvgIpc) is 3.56. The Labute approximate surface area is 180 Å². The number of carbonyl (C=O) groups excluding carboxylic acids is 1. The number of halogens is 1. The number of ether oxygens (including phenoxy) is 2. The van der Waals surface area contributed by atoms with E-state index in [0.29, 0.717) is 0 Å². The van der Waals surface area contributed by atoms with Crippen molar-refractivity contribution in [3.8, 4) is 11.5 Å². The van der Waals surface area contributed by atoms with E-state index in [-0.39, 0.29) is 11.3 Å². The van der Waals surface area contributed by atoms with E-state index in [9.17, 15) is 4.79 Å². The van der Waals surface area contributed by atoms with Crippen molar-refractivity contribution in [2.75, 3.05) is 40.4 Å². The molecule has 0 spiro atoms. The second kappa shape index (κ2) is 8.36. The van der Waals surface area contributed by atoms with Crippen LogP contribution in [0.15, 0.2) is 46.9 Å². The van der Waals surface area contributed by atoms with Crippen LogP contribution < -0.4 is 9.47 Å². The minimum Gasteiger partial charge on any atom is -0.497 e. The standard InChI is InChI=1S/C23H27BrN2O3/c1-28-20-6-7-21(29-2)17(14-20)16-25-10-12-26(13-11-25)22(27)23(8-9-23)18-4-3-5-19(24)15-18/h3-7,14-15H,8-13,16H2,1-2H3. The van der Waals surface area contributed by atoms with Crippen molar-refractivity contribution < 1.29 is 14.3 Å². The number of methoxy groups -OCH3 is 2. The third-order valence-corrected chi connectivity index (χ3v) is 6.57. The fourth-order valence-corrected chi connectivity index (χ4v) is 4.59. The third-order valence-electron chi connectivity index (χ3n) is 6.08. The molecule has 29 heavy (non-hydrogen) atoms. The molecular weight excluding hydrogens is 432 g/mol. The van der Waals surface area contributed by atoms with Gasteiger partial charge in [-0.1, -0.05) is 28.1 Å². The Bertz CT molecular complexity index is 889. The van der Waals surface area contributed by atoms with Crippen LogP contribution in [0.4, 0.5) is 0 Å². The lowest BCUT2D eigenvalue weighted by Gasteiger charge is -2.37. The van der Waals surface area contributed by atoms with Crippen molar-refractivity contribution >= 4 is 21.8 Å². The number of rotatable bonds is 6. The molecule has 1 amide bonds. The van der Waals surface area contributed by atoms with Crippen LogP contribution in [0, 0.1) is 0 Å².